The van der Waals surface area contributed by atoms with Crippen LogP contribution in [0.4, 0.5) is 4.79 Å². The summed E-state index contributed by atoms with van der Waals surface area (Å²) in [6.07, 6.45) is 2.54. The molecule has 2 aliphatic rings. The summed E-state index contributed by atoms with van der Waals surface area (Å²) in [6, 6.07) is 14.9. The van der Waals surface area contributed by atoms with Crippen LogP contribution in [0.25, 0.3) is 10.9 Å². The topological polar surface area (TPSA) is 66.8 Å². The molecule has 5 rings (SSSR count). The van der Waals surface area contributed by atoms with E-state index in [0.29, 0.717) is 23.3 Å². The molecule has 0 saturated carbocycles. The minimum absolute atomic E-state index is 0.0681. The molecule has 0 aliphatic carbocycles. The van der Waals surface area contributed by atoms with Crippen LogP contribution >= 0.6 is 0 Å². The third-order valence-corrected chi connectivity index (χ3v) is 5.48. The first-order valence-corrected chi connectivity index (χ1v) is 10.3. The highest BCUT2D eigenvalue weighted by molar-refractivity contribution is 6.12. The van der Waals surface area contributed by atoms with Gasteiger partial charge in [-0.1, -0.05) is 30.3 Å². The molecule has 0 N–H and O–H groups in total. The number of carbonyl (C=O) groups is 2. The van der Waals surface area contributed by atoms with Crippen LogP contribution in [0.1, 0.15) is 49.2 Å². The molecule has 1 aromatic heterocycles. The van der Waals surface area contributed by atoms with E-state index in [2.05, 4.69) is 0 Å². The van der Waals surface area contributed by atoms with Gasteiger partial charge in [-0.05, 0) is 39.0 Å². The van der Waals surface area contributed by atoms with E-state index in [4.69, 9.17) is 14.2 Å². The fourth-order valence-corrected chi connectivity index (χ4v) is 4.11. The second kappa shape index (κ2) is 7.01. The maximum Gasteiger partial charge on any atom is 0.419 e. The van der Waals surface area contributed by atoms with Gasteiger partial charge in [0.05, 0.1) is 22.9 Å². The Labute approximate surface area is 180 Å². The fraction of sp³-hybridized carbons (Fsp3) is 0.280. The quantitative estimate of drug-likeness (QED) is 0.529. The molecule has 0 fully saturated rings. The van der Waals surface area contributed by atoms with Gasteiger partial charge in [-0.15, -0.1) is 0 Å². The van der Waals surface area contributed by atoms with E-state index in [1.54, 1.807) is 12.3 Å². The molecule has 0 amide bonds. The molecule has 6 nitrogen and oxygen atoms in total. The molecule has 0 bridgehead atoms. The molecular formula is C25H23NO5. The van der Waals surface area contributed by atoms with Crippen LogP contribution in [0.5, 0.6) is 5.75 Å². The highest BCUT2D eigenvalue weighted by atomic mass is 16.6. The summed E-state index contributed by atoms with van der Waals surface area (Å²) in [6.45, 7) is 5.51. The molecule has 2 aromatic carbocycles. The van der Waals surface area contributed by atoms with Gasteiger partial charge in [-0.2, -0.15) is 0 Å². The van der Waals surface area contributed by atoms with Crippen LogP contribution < -0.4 is 4.74 Å². The molecule has 0 spiro atoms. The summed E-state index contributed by atoms with van der Waals surface area (Å²) in [5.41, 5.74) is 2.06. The number of ether oxygens (including phenoxy) is 3. The van der Waals surface area contributed by atoms with Crippen molar-refractivity contribution in [2.75, 3.05) is 0 Å². The zero-order valence-electron chi connectivity index (χ0n) is 17.6. The van der Waals surface area contributed by atoms with Crippen LogP contribution in [-0.4, -0.2) is 28.1 Å². The standard InChI is InChI=1S/C25H23NO5/c1-25(2,3)31-24(28)26-13-17(15-8-4-6-10-19(15)26)21-12-22-18(14-29-21)23(27)16-9-5-7-11-20(16)30-22/h4-11,13-14,21-22H,12H2,1-3H3/t21-,22-/m1/s1. The molecular weight excluding hydrogens is 394 g/mol. The lowest BCUT2D eigenvalue weighted by atomic mass is 9.89. The third-order valence-electron chi connectivity index (χ3n) is 5.48. The summed E-state index contributed by atoms with van der Waals surface area (Å²) in [7, 11) is 0. The van der Waals surface area contributed by atoms with Crippen LogP contribution in [0.15, 0.2) is 66.6 Å². The number of hydrogen-bond donors (Lipinski definition) is 0. The van der Waals surface area contributed by atoms with Gasteiger partial charge in [-0.25, -0.2) is 4.79 Å². The monoisotopic (exact) mass is 417 g/mol. The zero-order valence-corrected chi connectivity index (χ0v) is 17.6. The smallest absolute Gasteiger partial charge is 0.419 e. The number of hydrogen-bond acceptors (Lipinski definition) is 5. The predicted octanol–water partition coefficient (Wildman–Crippen LogP) is 5.41. The van der Waals surface area contributed by atoms with Crippen molar-refractivity contribution >= 4 is 22.8 Å². The van der Waals surface area contributed by atoms with Crippen LogP contribution in [-0.2, 0) is 9.47 Å². The van der Waals surface area contributed by atoms with Gasteiger partial charge >= 0.3 is 6.09 Å². The average molecular weight is 417 g/mol. The molecule has 3 aromatic rings. The largest absolute Gasteiger partial charge is 0.493 e. The van der Waals surface area contributed by atoms with Crippen molar-refractivity contribution in [1.82, 2.24) is 4.57 Å². The summed E-state index contributed by atoms with van der Waals surface area (Å²) >= 11 is 0. The summed E-state index contributed by atoms with van der Waals surface area (Å²) in [5, 5.41) is 0.901. The van der Waals surface area contributed by atoms with E-state index < -0.39 is 17.8 Å². The molecule has 0 unspecified atom stereocenters. The number of fused-ring (bicyclic) bond motifs is 3. The van der Waals surface area contributed by atoms with E-state index >= 15 is 0 Å². The van der Waals surface area contributed by atoms with Crippen molar-refractivity contribution < 1.29 is 23.8 Å². The Morgan fingerprint density at radius 2 is 1.81 bits per heavy atom. The number of para-hydroxylation sites is 2. The lowest BCUT2D eigenvalue weighted by Crippen LogP contribution is -2.34. The summed E-state index contributed by atoms with van der Waals surface area (Å²) in [4.78, 5) is 25.6. The Hall–Kier alpha value is -3.54. The number of rotatable bonds is 1. The van der Waals surface area contributed by atoms with E-state index in [1.165, 1.54) is 10.8 Å². The Kier molecular flexibility index (Phi) is 4.39. The SMILES string of the molecule is CC(C)(C)OC(=O)n1cc([C@H]2C[C@H]3Oc4ccccc4C(=O)C3=CO2)c2ccccc21. The number of nitrogens with zero attached hydrogens (tertiary/aromatic N) is 1. The second-order valence-corrected chi connectivity index (χ2v) is 8.82. The molecule has 2 aliphatic heterocycles. The van der Waals surface area contributed by atoms with Gasteiger partial charge in [0.15, 0.2) is 5.78 Å². The first kappa shape index (κ1) is 19.4. The minimum Gasteiger partial charge on any atom is -0.493 e. The van der Waals surface area contributed by atoms with E-state index in [9.17, 15) is 9.59 Å². The maximum atomic E-state index is 12.8. The van der Waals surface area contributed by atoms with E-state index in [-0.39, 0.29) is 11.9 Å². The van der Waals surface area contributed by atoms with Gasteiger partial charge in [0.2, 0.25) is 0 Å². The second-order valence-electron chi connectivity index (χ2n) is 8.82. The fourth-order valence-electron chi connectivity index (χ4n) is 4.11. The number of ketones is 1. The van der Waals surface area contributed by atoms with Crippen LogP contribution in [0, 0.1) is 0 Å². The molecule has 6 heteroatoms. The van der Waals surface area contributed by atoms with Gasteiger partial charge in [0.1, 0.15) is 23.6 Å². The van der Waals surface area contributed by atoms with Gasteiger partial charge in [0, 0.05) is 23.6 Å². The Bertz CT molecular complexity index is 1230. The Morgan fingerprint density at radius 3 is 2.61 bits per heavy atom. The first-order chi connectivity index (χ1) is 14.8. The van der Waals surface area contributed by atoms with Gasteiger partial charge in [0.25, 0.3) is 0 Å². The highest BCUT2D eigenvalue weighted by Gasteiger charge is 2.38. The average Bonchev–Trinajstić information content (AvgIpc) is 3.12. The number of aromatic nitrogens is 1. The zero-order chi connectivity index (χ0) is 21.8. The Balaban J connectivity index is 1.51. The van der Waals surface area contributed by atoms with Gasteiger partial charge < -0.3 is 14.2 Å². The van der Waals surface area contributed by atoms with Crippen molar-refractivity contribution in [3.63, 3.8) is 0 Å². The highest BCUT2D eigenvalue weighted by Crippen LogP contribution is 2.41. The van der Waals surface area contributed by atoms with E-state index in [1.807, 2.05) is 63.2 Å². The van der Waals surface area contributed by atoms with Crippen molar-refractivity contribution in [2.24, 2.45) is 0 Å². The predicted molar refractivity (Wildman–Crippen MR) is 115 cm³/mol. The normalized spacial score (nSPS) is 20.2. The van der Waals surface area contributed by atoms with Crippen molar-refractivity contribution in [3.05, 3.63) is 77.7 Å². The van der Waals surface area contributed by atoms with Crippen LogP contribution in [0.3, 0.4) is 0 Å². The van der Waals surface area contributed by atoms with Crippen LogP contribution in [0.2, 0.25) is 0 Å². The third kappa shape index (κ3) is 3.38. The number of Topliss-reactive ketones (excluding diaryl/α,β-unsaturated/α-hetero) is 1. The minimum atomic E-state index is -0.606. The van der Waals surface area contributed by atoms with Crippen molar-refractivity contribution in [1.29, 1.82) is 0 Å². The number of carbonyl (C=O) groups excluding carboxylic acids is 2. The molecule has 2 atom stereocenters. The molecule has 31 heavy (non-hydrogen) atoms. The molecule has 3 heterocycles. The number of benzene rings is 2. The van der Waals surface area contributed by atoms with Crippen molar-refractivity contribution in [2.45, 2.75) is 45.0 Å². The summed E-state index contributed by atoms with van der Waals surface area (Å²) < 4.78 is 19.2. The lowest BCUT2D eigenvalue weighted by molar-refractivity contribution is 0.0531. The first-order valence-electron chi connectivity index (χ1n) is 10.3. The van der Waals surface area contributed by atoms with Crippen molar-refractivity contribution in [3.8, 4) is 5.75 Å². The summed E-state index contributed by atoms with van der Waals surface area (Å²) in [5.74, 6) is 0.521. The lowest BCUT2D eigenvalue weighted by Gasteiger charge is -2.33. The maximum absolute atomic E-state index is 12.8. The molecule has 158 valence electrons. The van der Waals surface area contributed by atoms with Gasteiger partial charge in [-0.3, -0.25) is 9.36 Å². The Morgan fingerprint density at radius 1 is 1.06 bits per heavy atom. The molecule has 0 radical (unpaired) electrons. The molecule has 0 saturated heterocycles. The van der Waals surface area contributed by atoms with E-state index in [0.717, 1.165) is 16.5 Å².